The van der Waals surface area contributed by atoms with Crippen LogP contribution in [0.25, 0.3) is 0 Å². The predicted molar refractivity (Wildman–Crippen MR) is 71.2 cm³/mol. The molecule has 0 radical (unpaired) electrons. The molecule has 1 N–H and O–H groups in total. The molecule has 0 aromatic heterocycles. The summed E-state index contributed by atoms with van der Waals surface area (Å²) in [6, 6.07) is 5.79. The highest BCUT2D eigenvalue weighted by Crippen LogP contribution is 2.36. The largest absolute Gasteiger partial charge is 0.480 e. The maximum atomic E-state index is 12.9. The van der Waals surface area contributed by atoms with Gasteiger partial charge >= 0.3 is 5.97 Å². The van der Waals surface area contributed by atoms with E-state index in [9.17, 15) is 14.3 Å². The van der Waals surface area contributed by atoms with E-state index in [0.29, 0.717) is 6.54 Å². The van der Waals surface area contributed by atoms with Crippen LogP contribution >= 0.6 is 0 Å². The Labute approximate surface area is 113 Å². The standard InChI is InChI=1S/C15H20FNO2/c1-15(2)8-3-9-17(13(15)14(18)19)10-11-4-6-12(16)7-5-11/h4-7,13H,3,8-10H2,1-2H3,(H,18,19). The summed E-state index contributed by atoms with van der Waals surface area (Å²) >= 11 is 0. The van der Waals surface area contributed by atoms with Gasteiger partial charge < -0.3 is 5.11 Å². The smallest absolute Gasteiger partial charge is 0.321 e. The van der Waals surface area contributed by atoms with Crippen LogP contribution in [0.1, 0.15) is 32.3 Å². The van der Waals surface area contributed by atoms with Crippen LogP contribution in [0.5, 0.6) is 0 Å². The monoisotopic (exact) mass is 265 g/mol. The van der Waals surface area contributed by atoms with Crippen LogP contribution in [0.15, 0.2) is 24.3 Å². The highest BCUT2D eigenvalue weighted by Gasteiger charge is 2.42. The molecule has 104 valence electrons. The van der Waals surface area contributed by atoms with E-state index >= 15 is 0 Å². The first-order chi connectivity index (χ1) is 8.90. The Morgan fingerprint density at radius 1 is 1.42 bits per heavy atom. The topological polar surface area (TPSA) is 40.5 Å². The minimum absolute atomic E-state index is 0.232. The van der Waals surface area contributed by atoms with Crippen molar-refractivity contribution in [3.8, 4) is 0 Å². The summed E-state index contributed by atoms with van der Waals surface area (Å²) in [5.41, 5.74) is 0.717. The number of benzene rings is 1. The summed E-state index contributed by atoms with van der Waals surface area (Å²) in [6.45, 7) is 5.34. The fraction of sp³-hybridized carbons (Fsp3) is 0.533. The molecule has 0 amide bonds. The number of carboxylic acid groups (broad SMARTS) is 1. The number of rotatable bonds is 3. The van der Waals surface area contributed by atoms with Gasteiger partial charge in [-0.1, -0.05) is 26.0 Å². The van der Waals surface area contributed by atoms with Gasteiger partial charge in [0.2, 0.25) is 0 Å². The highest BCUT2D eigenvalue weighted by molar-refractivity contribution is 5.74. The first-order valence-electron chi connectivity index (χ1n) is 6.61. The third-order valence-corrected chi connectivity index (χ3v) is 3.90. The maximum absolute atomic E-state index is 12.9. The average molecular weight is 265 g/mol. The van der Waals surface area contributed by atoms with Crippen LogP contribution in [0.3, 0.4) is 0 Å². The van der Waals surface area contributed by atoms with Crippen molar-refractivity contribution in [3.63, 3.8) is 0 Å². The molecule has 1 aromatic rings. The molecule has 1 aromatic carbocycles. The Balaban J connectivity index is 2.17. The number of hydrogen-bond donors (Lipinski definition) is 1. The van der Waals surface area contributed by atoms with Crippen LogP contribution in [0, 0.1) is 11.2 Å². The highest BCUT2D eigenvalue weighted by atomic mass is 19.1. The molecule has 0 aliphatic carbocycles. The van der Waals surface area contributed by atoms with Gasteiger partial charge in [0, 0.05) is 6.54 Å². The van der Waals surface area contributed by atoms with E-state index in [1.807, 2.05) is 18.7 Å². The van der Waals surface area contributed by atoms with Gasteiger partial charge in [0.1, 0.15) is 11.9 Å². The molecular formula is C15H20FNO2. The van der Waals surface area contributed by atoms with Crippen LogP contribution in [-0.4, -0.2) is 28.6 Å². The molecule has 3 nitrogen and oxygen atoms in total. The Morgan fingerprint density at radius 3 is 2.63 bits per heavy atom. The molecule has 1 atom stereocenters. The molecule has 0 bridgehead atoms. The summed E-state index contributed by atoms with van der Waals surface area (Å²) in [4.78, 5) is 13.5. The predicted octanol–water partition coefficient (Wildman–Crippen LogP) is 2.90. The van der Waals surface area contributed by atoms with Crippen molar-refractivity contribution in [2.45, 2.75) is 39.3 Å². The molecule has 1 heterocycles. The third-order valence-electron chi connectivity index (χ3n) is 3.90. The number of nitrogens with zero attached hydrogens (tertiary/aromatic N) is 1. The summed E-state index contributed by atoms with van der Waals surface area (Å²) in [7, 11) is 0. The fourth-order valence-corrected chi connectivity index (χ4v) is 2.98. The number of carboxylic acids is 1. The van der Waals surface area contributed by atoms with Gasteiger partial charge in [-0.2, -0.15) is 0 Å². The van der Waals surface area contributed by atoms with Gasteiger partial charge in [0.15, 0.2) is 0 Å². The number of piperidine rings is 1. The zero-order chi connectivity index (χ0) is 14.0. The maximum Gasteiger partial charge on any atom is 0.321 e. The molecule has 1 aliphatic rings. The molecule has 0 saturated carbocycles. The summed E-state index contributed by atoms with van der Waals surface area (Å²) in [5.74, 6) is -1.04. The zero-order valence-electron chi connectivity index (χ0n) is 11.4. The van der Waals surface area contributed by atoms with Gasteiger partial charge in [0.25, 0.3) is 0 Å². The molecule has 19 heavy (non-hydrogen) atoms. The number of carbonyl (C=O) groups is 1. The number of hydrogen-bond acceptors (Lipinski definition) is 2. The van der Waals surface area contributed by atoms with E-state index in [4.69, 9.17) is 0 Å². The van der Waals surface area contributed by atoms with Crippen molar-refractivity contribution in [3.05, 3.63) is 35.6 Å². The summed E-state index contributed by atoms with van der Waals surface area (Å²) < 4.78 is 12.9. The number of likely N-dealkylation sites (tertiary alicyclic amines) is 1. The van der Waals surface area contributed by atoms with Crippen LogP contribution in [0.2, 0.25) is 0 Å². The normalized spacial score (nSPS) is 23.2. The molecule has 1 unspecified atom stereocenters. The second-order valence-electron chi connectivity index (χ2n) is 5.93. The van der Waals surface area contributed by atoms with E-state index < -0.39 is 12.0 Å². The first-order valence-corrected chi connectivity index (χ1v) is 6.61. The van der Waals surface area contributed by atoms with Gasteiger partial charge in [-0.05, 0) is 42.5 Å². The minimum atomic E-state index is -0.771. The summed E-state index contributed by atoms with van der Waals surface area (Å²) in [6.07, 6.45) is 1.92. The first kappa shape index (κ1) is 14.0. The molecule has 4 heteroatoms. The lowest BCUT2D eigenvalue weighted by Gasteiger charge is -2.44. The van der Waals surface area contributed by atoms with Gasteiger partial charge in [-0.25, -0.2) is 4.39 Å². The zero-order valence-corrected chi connectivity index (χ0v) is 11.4. The quantitative estimate of drug-likeness (QED) is 0.913. The lowest BCUT2D eigenvalue weighted by molar-refractivity contribution is -0.151. The number of aliphatic carboxylic acids is 1. The molecule has 1 saturated heterocycles. The van der Waals surface area contributed by atoms with Crippen molar-refractivity contribution in [1.29, 1.82) is 0 Å². The average Bonchev–Trinajstić information content (AvgIpc) is 2.30. The van der Waals surface area contributed by atoms with E-state index in [0.717, 1.165) is 24.9 Å². The minimum Gasteiger partial charge on any atom is -0.480 e. The van der Waals surface area contributed by atoms with Crippen molar-refractivity contribution in [2.24, 2.45) is 5.41 Å². The van der Waals surface area contributed by atoms with Crippen molar-refractivity contribution in [2.75, 3.05) is 6.54 Å². The van der Waals surface area contributed by atoms with E-state index in [1.165, 1.54) is 12.1 Å². The molecule has 1 fully saturated rings. The lowest BCUT2D eigenvalue weighted by Crippen LogP contribution is -2.53. The Kier molecular flexibility index (Phi) is 3.90. The lowest BCUT2D eigenvalue weighted by atomic mass is 9.76. The fourth-order valence-electron chi connectivity index (χ4n) is 2.98. The van der Waals surface area contributed by atoms with Crippen LogP contribution in [0.4, 0.5) is 4.39 Å². The third kappa shape index (κ3) is 3.13. The van der Waals surface area contributed by atoms with Crippen LogP contribution < -0.4 is 0 Å². The van der Waals surface area contributed by atoms with Gasteiger partial charge in [0.05, 0.1) is 0 Å². The second kappa shape index (κ2) is 5.29. The molecular weight excluding hydrogens is 245 g/mol. The van der Waals surface area contributed by atoms with Gasteiger partial charge in [-0.3, -0.25) is 9.69 Å². The Hall–Kier alpha value is -1.42. The Bertz CT molecular complexity index is 456. The van der Waals surface area contributed by atoms with Crippen LogP contribution in [-0.2, 0) is 11.3 Å². The van der Waals surface area contributed by atoms with E-state index in [2.05, 4.69) is 0 Å². The molecule has 0 spiro atoms. The van der Waals surface area contributed by atoms with Gasteiger partial charge in [-0.15, -0.1) is 0 Å². The van der Waals surface area contributed by atoms with E-state index in [-0.39, 0.29) is 11.2 Å². The van der Waals surface area contributed by atoms with Crippen molar-refractivity contribution in [1.82, 2.24) is 4.90 Å². The molecule has 1 aliphatic heterocycles. The summed E-state index contributed by atoms with van der Waals surface area (Å²) in [5, 5.41) is 9.46. The van der Waals surface area contributed by atoms with E-state index in [1.54, 1.807) is 12.1 Å². The molecule has 2 rings (SSSR count). The van der Waals surface area contributed by atoms with Crippen molar-refractivity contribution >= 4 is 5.97 Å². The second-order valence-corrected chi connectivity index (χ2v) is 5.93. The number of halogens is 1. The van der Waals surface area contributed by atoms with Crippen molar-refractivity contribution < 1.29 is 14.3 Å². The Morgan fingerprint density at radius 2 is 2.05 bits per heavy atom. The SMILES string of the molecule is CC1(C)CCCN(Cc2ccc(F)cc2)C1C(=O)O.